The molecule has 0 aliphatic carbocycles. The lowest BCUT2D eigenvalue weighted by atomic mass is 9.94. The van der Waals surface area contributed by atoms with Gasteiger partial charge in [-0.05, 0) is 57.6 Å². The summed E-state index contributed by atoms with van der Waals surface area (Å²) in [7, 11) is 0. The SMILES string of the molecule is CCOc1cccc(C(O)=C2C(=O)C(=O)N(CCCN(CC)CC)C2c2ccc(C)cc2)c1. The summed E-state index contributed by atoms with van der Waals surface area (Å²) < 4.78 is 5.55. The van der Waals surface area contributed by atoms with Crippen LogP contribution in [0.1, 0.15) is 49.9 Å². The Morgan fingerprint density at radius 2 is 1.76 bits per heavy atom. The maximum Gasteiger partial charge on any atom is 0.295 e. The minimum absolute atomic E-state index is 0.125. The molecule has 1 saturated heterocycles. The summed E-state index contributed by atoms with van der Waals surface area (Å²) in [5, 5.41) is 11.2. The third kappa shape index (κ3) is 5.45. The molecule has 1 N–H and O–H groups in total. The lowest BCUT2D eigenvalue weighted by molar-refractivity contribution is -0.140. The molecular weight excluding hydrogens is 416 g/mol. The molecule has 0 radical (unpaired) electrons. The van der Waals surface area contributed by atoms with E-state index in [1.165, 1.54) is 0 Å². The van der Waals surface area contributed by atoms with Crippen molar-refractivity contribution in [2.45, 2.75) is 40.2 Å². The molecule has 3 rings (SSSR count). The number of hydrogen-bond acceptors (Lipinski definition) is 5. The van der Waals surface area contributed by atoms with Gasteiger partial charge in [0.1, 0.15) is 11.5 Å². The van der Waals surface area contributed by atoms with Crippen LogP contribution >= 0.6 is 0 Å². The largest absolute Gasteiger partial charge is 0.507 e. The number of nitrogens with zero attached hydrogens (tertiary/aromatic N) is 2. The van der Waals surface area contributed by atoms with Crippen LogP contribution < -0.4 is 4.74 Å². The van der Waals surface area contributed by atoms with Gasteiger partial charge in [-0.25, -0.2) is 0 Å². The monoisotopic (exact) mass is 450 g/mol. The zero-order valence-corrected chi connectivity index (χ0v) is 20.0. The highest BCUT2D eigenvalue weighted by molar-refractivity contribution is 6.46. The van der Waals surface area contributed by atoms with Gasteiger partial charge >= 0.3 is 0 Å². The molecule has 1 aliphatic rings. The van der Waals surface area contributed by atoms with Crippen LogP contribution in [-0.2, 0) is 9.59 Å². The highest BCUT2D eigenvalue weighted by atomic mass is 16.5. The maximum absolute atomic E-state index is 13.2. The normalized spacial score (nSPS) is 17.7. The van der Waals surface area contributed by atoms with Gasteiger partial charge in [0.15, 0.2) is 0 Å². The molecule has 0 aromatic heterocycles. The Labute approximate surface area is 196 Å². The van der Waals surface area contributed by atoms with E-state index in [0.717, 1.165) is 37.2 Å². The lowest BCUT2D eigenvalue weighted by Gasteiger charge is -2.27. The zero-order chi connectivity index (χ0) is 24.0. The summed E-state index contributed by atoms with van der Waals surface area (Å²) in [4.78, 5) is 30.1. The van der Waals surface area contributed by atoms with E-state index in [-0.39, 0.29) is 11.3 Å². The second-order valence-electron chi connectivity index (χ2n) is 8.24. The van der Waals surface area contributed by atoms with Crippen molar-refractivity contribution in [3.63, 3.8) is 0 Å². The molecule has 6 nitrogen and oxygen atoms in total. The number of benzene rings is 2. The van der Waals surface area contributed by atoms with Gasteiger partial charge in [0.2, 0.25) is 0 Å². The molecule has 176 valence electrons. The number of aryl methyl sites for hydroxylation is 1. The standard InChI is InChI=1S/C27H34N2O4/c1-5-28(6-2)16-9-17-29-24(20-14-12-19(4)13-15-20)23(26(31)27(29)32)25(30)21-10-8-11-22(18-21)33-7-3/h8,10-15,18,24,30H,5-7,9,16-17H2,1-4H3. The van der Waals surface area contributed by atoms with Crippen molar-refractivity contribution in [1.29, 1.82) is 0 Å². The van der Waals surface area contributed by atoms with Gasteiger partial charge in [-0.15, -0.1) is 0 Å². The van der Waals surface area contributed by atoms with E-state index in [9.17, 15) is 14.7 Å². The van der Waals surface area contributed by atoms with Crippen molar-refractivity contribution in [3.8, 4) is 5.75 Å². The van der Waals surface area contributed by atoms with Gasteiger partial charge in [0.25, 0.3) is 11.7 Å². The van der Waals surface area contributed by atoms with Crippen LogP contribution in [0.3, 0.4) is 0 Å². The Morgan fingerprint density at radius 3 is 2.39 bits per heavy atom. The number of ketones is 1. The highest BCUT2D eigenvalue weighted by Gasteiger charge is 2.45. The quantitative estimate of drug-likeness (QED) is 0.327. The first-order valence-corrected chi connectivity index (χ1v) is 11.7. The Hall–Kier alpha value is -3.12. The van der Waals surface area contributed by atoms with Crippen LogP contribution in [0.25, 0.3) is 5.76 Å². The Morgan fingerprint density at radius 1 is 1.06 bits per heavy atom. The fourth-order valence-corrected chi connectivity index (χ4v) is 4.27. The van der Waals surface area contributed by atoms with Gasteiger partial charge in [0, 0.05) is 12.1 Å². The minimum atomic E-state index is -0.650. The van der Waals surface area contributed by atoms with Crippen LogP contribution in [0.2, 0.25) is 0 Å². The smallest absolute Gasteiger partial charge is 0.295 e. The predicted molar refractivity (Wildman–Crippen MR) is 130 cm³/mol. The number of Topliss-reactive ketones (excluding diaryl/α,β-unsaturated/α-hetero) is 1. The Bertz CT molecular complexity index is 1010. The van der Waals surface area contributed by atoms with E-state index in [2.05, 4.69) is 18.7 Å². The molecule has 33 heavy (non-hydrogen) atoms. The third-order valence-electron chi connectivity index (χ3n) is 6.12. The lowest BCUT2D eigenvalue weighted by Crippen LogP contribution is -2.33. The zero-order valence-electron chi connectivity index (χ0n) is 20.0. The third-order valence-corrected chi connectivity index (χ3v) is 6.12. The summed E-state index contributed by atoms with van der Waals surface area (Å²) in [6.07, 6.45) is 0.747. The summed E-state index contributed by atoms with van der Waals surface area (Å²) in [6.45, 7) is 11.7. The molecule has 0 saturated carbocycles. The number of carbonyl (C=O) groups is 2. The van der Waals surface area contributed by atoms with E-state index in [4.69, 9.17) is 4.74 Å². The molecule has 1 fully saturated rings. The molecule has 0 spiro atoms. The second kappa shape index (κ2) is 11.1. The van der Waals surface area contributed by atoms with Gasteiger partial charge in [0.05, 0.1) is 18.2 Å². The fourth-order valence-electron chi connectivity index (χ4n) is 4.27. The summed E-state index contributed by atoms with van der Waals surface area (Å²) in [5.74, 6) is -0.793. The summed E-state index contributed by atoms with van der Waals surface area (Å²) >= 11 is 0. The molecule has 1 heterocycles. The molecule has 0 bridgehead atoms. The number of carbonyl (C=O) groups excluding carboxylic acids is 2. The summed E-state index contributed by atoms with van der Waals surface area (Å²) in [5.41, 5.74) is 2.48. The molecule has 6 heteroatoms. The topological polar surface area (TPSA) is 70.1 Å². The van der Waals surface area contributed by atoms with Crippen LogP contribution in [-0.4, -0.2) is 59.4 Å². The van der Waals surface area contributed by atoms with Crippen molar-refractivity contribution >= 4 is 17.4 Å². The Balaban J connectivity index is 2.02. The van der Waals surface area contributed by atoms with E-state index >= 15 is 0 Å². The van der Waals surface area contributed by atoms with E-state index < -0.39 is 17.7 Å². The van der Waals surface area contributed by atoms with Crippen molar-refractivity contribution in [2.24, 2.45) is 0 Å². The van der Waals surface area contributed by atoms with Gasteiger partial charge < -0.3 is 19.6 Å². The van der Waals surface area contributed by atoms with Gasteiger partial charge in [-0.3, -0.25) is 9.59 Å². The molecule has 1 aliphatic heterocycles. The number of amides is 1. The maximum atomic E-state index is 13.2. The molecular formula is C27H34N2O4. The molecule has 2 aromatic rings. The van der Waals surface area contributed by atoms with Crippen molar-refractivity contribution in [3.05, 3.63) is 70.8 Å². The average Bonchev–Trinajstić information content (AvgIpc) is 3.07. The van der Waals surface area contributed by atoms with Crippen molar-refractivity contribution in [1.82, 2.24) is 9.80 Å². The minimum Gasteiger partial charge on any atom is -0.507 e. The fraction of sp³-hybridized carbons (Fsp3) is 0.407. The number of aliphatic hydroxyl groups excluding tert-OH is 1. The summed E-state index contributed by atoms with van der Waals surface area (Å²) in [6, 6.07) is 14.1. The van der Waals surface area contributed by atoms with Crippen LogP contribution in [0.15, 0.2) is 54.1 Å². The van der Waals surface area contributed by atoms with Crippen LogP contribution in [0.4, 0.5) is 0 Å². The van der Waals surface area contributed by atoms with Gasteiger partial charge in [-0.1, -0.05) is 55.8 Å². The van der Waals surface area contributed by atoms with Crippen LogP contribution in [0.5, 0.6) is 5.75 Å². The second-order valence-corrected chi connectivity index (χ2v) is 8.24. The average molecular weight is 451 g/mol. The number of ether oxygens (including phenoxy) is 1. The number of rotatable bonds is 10. The number of aliphatic hydroxyl groups is 1. The highest BCUT2D eigenvalue weighted by Crippen LogP contribution is 2.39. The molecule has 1 unspecified atom stereocenters. The van der Waals surface area contributed by atoms with E-state index in [0.29, 0.717) is 24.5 Å². The molecule has 1 atom stereocenters. The first-order chi connectivity index (χ1) is 15.9. The first-order valence-electron chi connectivity index (χ1n) is 11.7. The first kappa shape index (κ1) is 24.5. The van der Waals surface area contributed by atoms with Crippen molar-refractivity contribution in [2.75, 3.05) is 32.8 Å². The van der Waals surface area contributed by atoms with Crippen molar-refractivity contribution < 1.29 is 19.4 Å². The molecule has 2 aromatic carbocycles. The van der Waals surface area contributed by atoms with Gasteiger partial charge in [-0.2, -0.15) is 0 Å². The number of likely N-dealkylation sites (tertiary alicyclic amines) is 1. The van der Waals surface area contributed by atoms with Crippen LogP contribution in [0, 0.1) is 6.92 Å². The number of hydrogen-bond donors (Lipinski definition) is 1. The predicted octanol–water partition coefficient (Wildman–Crippen LogP) is 4.55. The van der Waals surface area contributed by atoms with E-state index in [1.807, 2.05) is 38.1 Å². The molecule has 1 amide bonds. The van der Waals surface area contributed by atoms with E-state index in [1.54, 1.807) is 29.2 Å². The Kier molecular flexibility index (Phi) is 8.28.